The van der Waals surface area contributed by atoms with Crippen LogP contribution < -0.4 is 5.32 Å². The molecule has 92 valence electrons. The highest BCUT2D eigenvalue weighted by molar-refractivity contribution is 9.10. The first kappa shape index (κ1) is 12.6. The van der Waals surface area contributed by atoms with E-state index in [4.69, 9.17) is 0 Å². The van der Waals surface area contributed by atoms with Gasteiger partial charge in [-0.15, -0.1) is 0 Å². The summed E-state index contributed by atoms with van der Waals surface area (Å²) in [5.41, 5.74) is 0.189. The van der Waals surface area contributed by atoms with Gasteiger partial charge in [0, 0.05) is 4.47 Å². The molecular weight excluding hydrogens is 306 g/mol. The van der Waals surface area contributed by atoms with Gasteiger partial charge in [-0.1, -0.05) is 15.9 Å². The minimum Gasteiger partial charge on any atom is -0.320 e. The number of nitrogens with zero attached hydrogens (tertiary/aromatic N) is 1. The van der Waals surface area contributed by atoms with Crippen molar-refractivity contribution < 1.29 is 13.6 Å². The van der Waals surface area contributed by atoms with E-state index in [-0.39, 0.29) is 5.56 Å². The van der Waals surface area contributed by atoms with Crippen LogP contribution in [0.15, 0.2) is 41.0 Å². The number of carbonyl (C=O) groups excluding carboxylic acids is 1. The zero-order valence-corrected chi connectivity index (χ0v) is 10.5. The molecule has 1 aromatic carbocycles. The monoisotopic (exact) mass is 312 g/mol. The molecule has 1 N–H and O–H groups in total. The maximum atomic E-state index is 13.4. The Morgan fingerprint density at radius 2 is 2.00 bits per heavy atom. The molecule has 6 heteroatoms. The number of nitrogens with one attached hydrogen (secondary N) is 1. The number of benzene rings is 1. The summed E-state index contributed by atoms with van der Waals surface area (Å²) in [6, 6.07) is 6.48. The van der Waals surface area contributed by atoms with Gasteiger partial charge < -0.3 is 5.32 Å². The minimum atomic E-state index is -0.651. The largest absolute Gasteiger partial charge is 0.320 e. The first-order valence-electron chi connectivity index (χ1n) is 4.94. The molecule has 0 aliphatic carbocycles. The molecule has 0 saturated carbocycles. The van der Waals surface area contributed by atoms with E-state index in [2.05, 4.69) is 26.2 Å². The molecule has 18 heavy (non-hydrogen) atoms. The lowest BCUT2D eigenvalue weighted by Gasteiger charge is -2.06. The van der Waals surface area contributed by atoms with Crippen molar-refractivity contribution in [3.05, 3.63) is 58.3 Å². The van der Waals surface area contributed by atoms with Gasteiger partial charge in [0.05, 0.1) is 17.4 Å². The van der Waals surface area contributed by atoms with Crippen molar-refractivity contribution in [2.75, 3.05) is 5.32 Å². The number of rotatable bonds is 2. The van der Waals surface area contributed by atoms with Gasteiger partial charge >= 0.3 is 0 Å². The third-order valence-corrected chi connectivity index (χ3v) is 2.65. The predicted octanol–water partition coefficient (Wildman–Crippen LogP) is 3.37. The SMILES string of the molecule is O=C(Nc1ccc(F)nc1)c1cc(Br)ccc1F. The van der Waals surface area contributed by atoms with Gasteiger partial charge in [-0.05, 0) is 30.3 Å². The highest BCUT2D eigenvalue weighted by atomic mass is 79.9. The second-order valence-electron chi connectivity index (χ2n) is 3.45. The molecule has 2 rings (SSSR count). The predicted molar refractivity (Wildman–Crippen MR) is 66.2 cm³/mol. The van der Waals surface area contributed by atoms with Crippen LogP contribution in [0.5, 0.6) is 0 Å². The molecule has 0 radical (unpaired) electrons. The summed E-state index contributed by atoms with van der Waals surface area (Å²) in [6.07, 6.45) is 1.16. The second kappa shape index (κ2) is 5.22. The van der Waals surface area contributed by atoms with Crippen molar-refractivity contribution in [3.8, 4) is 0 Å². The third kappa shape index (κ3) is 2.89. The topological polar surface area (TPSA) is 42.0 Å². The summed E-state index contributed by atoms with van der Waals surface area (Å²) in [7, 11) is 0. The van der Waals surface area contributed by atoms with E-state index in [0.29, 0.717) is 10.2 Å². The summed E-state index contributed by atoms with van der Waals surface area (Å²) < 4.78 is 26.6. The van der Waals surface area contributed by atoms with Crippen LogP contribution in [0.1, 0.15) is 10.4 Å². The molecule has 1 heterocycles. The Balaban J connectivity index is 2.21. The maximum Gasteiger partial charge on any atom is 0.258 e. The van der Waals surface area contributed by atoms with E-state index in [0.717, 1.165) is 12.3 Å². The van der Waals surface area contributed by atoms with Crippen LogP contribution >= 0.6 is 15.9 Å². The highest BCUT2D eigenvalue weighted by Crippen LogP contribution is 2.17. The van der Waals surface area contributed by atoms with Crippen molar-refractivity contribution in [3.63, 3.8) is 0 Å². The van der Waals surface area contributed by atoms with Crippen LogP contribution in [0, 0.1) is 11.8 Å². The van der Waals surface area contributed by atoms with E-state index in [1.165, 1.54) is 24.3 Å². The van der Waals surface area contributed by atoms with E-state index in [9.17, 15) is 13.6 Å². The molecule has 0 saturated heterocycles. The molecule has 0 aliphatic heterocycles. The van der Waals surface area contributed by atoms with Gasteiger partial charge in [-0.3, -0.25) is 4.79 Å². The number of carbonyl (C=O) groups is 1. The first-order valence-corrected chi connectivity index (χ1v) is 5.73. The smallest absolute Gasteiger partial charge is 0.258 e. The Morgan fingerprint density at radius 1 is 1.22 bits per heavy atom. The van der Waals surface area contributed by atoms with Gasteiger partial charge in [0.15, 0.2) is 0 Å². The lowest BCUT2D eigenvalue weighted by atomic mass is 10.2. The molecule has 0 aliphatic rings. The standard InChI is InChI=1S/C12H7BrF2N2O/c13-7-1-3-10(14)9(5-7)12(18)17-8-2-4-11(15)16-6-8/h1-6H,(H,17,18). The van der Waals surface area contributed by atoms with E-state index in [1.807, 2.05) is 0 Å². The number of anilines is 1. The number of pyridine rings is 1. The number of hydrogen-bond acceptors (Lipinski definition) is 2. The van der Waals surface area contributed by atoms with Crippen molar-refractivity contribution in [2.45, 2.75) is 0 Å². The van der Waals surface area contributed by atoms with Gasteiger partial charge in [0.1, 0.15) is 5.82 Å². The molecule has 0 spiro atoms. The zero-order valence-electron chi connectivity index (χ0n) is 8.95. The highest BCUT2D eigenvalue weighted by Gasteiger charge is 2.12. The zero-order chi connectivity index (χ0) is 13.1. The molecule has 1 aromatic heterocycles. The van der Waals surface area contributed by atoms with Crippen LogP contribution in [0.25, 0.3) is 0 Å². The Bertz CT molecular complexity index is 587. The summed E-state index contributed by atoms with van der Waals surface area (Å²) in [4.78, 5) is 15.2. The third-order valence-electron chi connectivity index (χ3n) is 2.16. The summed E-state index contributed by atoms with van der Waals surface area (Å²) in [6.45, 7) is 0. The van der Waals surface area contributed by atoms with Crippen molar-refractivity contribution in [1.29, 1.82) is 0 Å². The molecule has 3 nitrogen and oxygen atoms in total. The number of hydrogen-bond donors (Lipinski definition) is 1. The van der Waals surface area contributed by atoms with E-state index < -0.39 is 17.7 Å². The fourth-order valence-corrected chi connectivity index (χ4v) is 1.68. The van der Waals surface area contributed by atoms with E-state index in [1.54, 1.807) is 0 Å². The quantitative estimate of drug-likeness (QED) is 0.864. The maximum absolute atomic E-state index is 13.4. The van der Waals surface area contributed by atoms with Gasteiger partial charge in [0.25, 0.3) is 5.91 Å². The average Bonchev–Trinajstić information content (AvgIpc) is 2.35. The Morgan fingerprint density at radius 3 is 2.67 bits per heavy atom. The number of amides is 1. The van der Waals surface area contributed by atoms with E-state index >= 15 is 0 Å². The summed E-state index contributed by atoms with van der Waals surface area (Å²) in [5.74, 6) is -1.91. The number of aromatic nitrogens is 1. The summed E-state index contributed by atoms with van der Waals surface area (Å²) >= 11 is 3.15. The molecule has 0 unspecified atom stereocenters. The average molecular weight is 313 g/mol. The lowest BCUT2D eigenvalue weighted by molar-refractivity contribution is 0.102. The normalized spacial score (nSPS) is 10.2. The molecule has 0 atom stereocenters. The lowest BCUT2D eigenvalue weighted by Crippen LogP contribution is -2.14. The van der Waals surface area contributed by atoms with Gasteiger partial charge in [-0.2, -0.15) is 4.39 Å². The summed E-state index contributed by atoms with van der Waals surface area (Å²) in [5, 5.41) is 2.42. The Hall–Kier alpha value is -1.82. The fourth-order valence-electron chi connectivity index (χ4n) is 1.32. The van der Waals surface area contributed by atoms with Crippen LogP contribution in [-0.2, 0) is 0 Å². The van der Waals surface area contributed by atoms with Gasteiger partial charge in [-0.25, -0.2) is 9.37 Å². The Kier molecular flexibility index (Phi) is 3.66. The van der Waals surface area contributed by atoms with Crippen molar-refractivity contribution in [1.82, 2.24) is 4.98 Å². The van der Waals surface area contributed by atoms with Crippen molar-refractivity contribution >= 4 is 27.5 Å². The first-order chi connectivity index (χ1) is 8.56. The molecule has 0 bridgehead atoms. The second-order valence-corrected chi connectivity index (χ2v) is 4.36. The molecule has 2 aromatic rings. The van der Waals surface area contributed by atoms with Crippen LogP contribution in [-0.4, -0.2) is 10.9 Å². The minimum absolute atomic E-state index is 0.103. The van der Waals surface area contributed by atoms with Gasteiger partial charge in [0.2, 0.25) is 5.95 Å². The Labute approximate surface area is 110 Å². The molecule has 0 fully saturated rings. The molecular formula is C12H7BrF2N2O. The van der Waals surface area contributed by atoms with Crippen LogP contribution in [0.4, 0.5) is 14.5 Å². The number of halogens is 3. The van der Waals surface area contributed by atoms with Crippen LogP contribution in [0.2, 0.25) is 0 Å². The van der Waals surface area contributed by atoms with Crippen molar-refractivity contribution in [2.24, 2.45) is 0 Å². The molecule has 1 amide bonds. The van der Waals surface area contributed by atoms with Crippen LogP contribution in [0.3, 0.4) is 0 Å². The fraction of sp³-hybridized carbons (Fsp3) is 0.